The first-order chi connectivity index (χ1) is 14.0. The molecule has 0 saturated carbocycles. The fraction of sp³-hybridized carbons (Fsp3) is 0.474. The van der Waals surface area contributed by atoms with E-state index >= 15 is 0 Å². The Morgan fingerprint density at radius 1 is 1.21 bits per heavy atom. The van der Waals surface area contributed by atoms with Crippen molar-refractivity contribution < 1.29 is 13.2 Å². The van der Waals surface area contributed by atoms with Crippen LogP contribution in [-0.4, -0.2) is 57.0 Å². The Morgan fingerprint density at radius 3 is 2.55 bits per heavy atom. The van der Waals surface area contributed by atoms with Crippen molar-refractivity contribution in [2.75, 3.05) is 33.4 Å². The van der Waals surface area contributed by atoms with Crippen molar-refractivity contribution in [2.24, 2.45) is 4.99 Å². The summed E-state index contributed by atoms with van der Waals surface area (Å²) in [5.41, 5.74) is 1.72. The standard InChI is InChI=1S/C19H27N5O3S2/c1-15-11-21-18(28-15)13-23-19(20-2)22-12-16-5-3-4-6-17(16)14-29(25,26)24-7-9-27-10-8-24/h3-6,11H,7-10,12-14H2,1-2H3,(H2,20,22,23). The molecule has 0 unspecified atom stereocenters. The van der Waals surface area contributed by atoms with E-state index in [0.717, 1.165) is 16.1 Å². The third-order valence-corrected chi connectivity index (χ3v) is 7.31. The lowest BCUT2D eigenvalue weighted by molar-refractivity contribution is 0.0729. The monoisotopic (exact) mass is 437 g/mol. The lowest BCUT2D eigenvalue weighted by Crippen LogP contribution is -2.41. The fourth-order valence-corrected chi connectivity index (χ4v) is 5.31. The molecule has 1 aliphatic rings. The van der Waals surface area contributed by atoms with Gasteiger partial charge in [0.1, 0.15) is 5.01 Å². The normalized spacial score (nSPS) is 16.0. The van der Waals surface area contributed by atoms with Gasteiger partial charge in [-0.2, -0.15) is 4.31 Å². The van der Waals surface area contributed by atoms with Crippen molar-refractivity contribution in [3.05, 3.63) is 51.5 Å². The Labute approximate surface area is 176 Å². The number of ether oxygens (including phenoxy) is 1. The molecule has 0 spiro atoms. The summed E-state index contributed by atoms with van der Waals surface area (Å²) in [5, 5.41) is 7.48. The molecule has 29 heavy (non-hydrogen) atoms. The molecule has 1 saturated heterocycles. The Balaban J connectivity index is 1.60. The number of rotatable bonds is 7. The van der Waals surface area contributed by atoms with Crippen LogP contribution in [0.15, 0.2) is 35.5 Å². The van der Waals surface area contributed by atoms with Crippen LogP contribution < -0.4 is 10.6 Å². The van der Waals surface area contributed by atoms with Crippen LogP contribution in [-0.2, 0) is 33.6 Å². The predicted molar refractivity (Wildman–Crippen MR) is 115 cm³/mol. The van der Waals surface area contributed by atoms with Crippen LogP contribution in [0.5, 0.6) is 0 Å². The molecule has 1 fully saturated rings. The van der Waals surface area contributed by atoms with Crippen LogP contribution in [0.2, 0.25) is 0 Å². The summed E-state index contributed by atoms with van der Waals surface area (Å²) < 4.78 is 32.3. The van der Waals surface area contributed by atoms with E-state index in [1.807, 2.05) is 37.4 Å². The number of aromatic nitrogens is 1. The number of hydrogen-bond donors (Lipinski definition) is 2. The van der Waals surface area contributed by atoms with Gasteiger partial charge in [0.15, 0.2) is 5.96 Å². The van der Waals surface area contributed by atoms with Crippen LogP contribution in [0.4, 0.5) is 0 Å². The third kappa shape index (κ3) is 6.23. The maximum Gasteiger partial charge on any atom is 0.218 e. The minimum absolute atomic E-state index is 0.0186. The number of benzene rings is 1. The second-order valence-corrected chi connectivity index (χ2v) is 9.97. The zero-order chi connectivity index (χ0) is 20.7. The van der Waals surface area contributed by atoms with Gasteiger partial charge < -0.3 is 15.4 Å². The number of morpholine rings is 1. The summed E-state index contributed by atoms with van der Waals surface area (Å²) in [4.78, 5) is 9.73. The number of thiazole rings is 1. The molecular weight excluding hydrogens is 410 g/mol. The minimum Gasteiger partial charge on any atom is -0.379 e. The Bertz CT molecular complexity index is 937. The molecule has 0 radical (unpaired) electrons. The van der Waals surface area contributed by atoms with E-state index in [1.165, 1.54) is 9.18 Å². The lowest BCUT2D eigenvalue weighted by atomic mass is 10.1. The van der Waals surface area contributed by atoms with Crippen LogP contribution in [0.25, 0.3) is 0 Å². The number of aliphatic imine (C=N–C) groups is 1. The van der Waals surface area contributed by atoms with Crippen molar-refractivity contribution in [3.63, 3.8) is 0 Å². The van der Waals surface area contributed by atoms with Crippen molar-refractivity contribution in [1.29, 1.82) is 0 Å². The van der Waals surface area contributed by atoms with Crippen molar-refractivity contribution in [3.8, 4) is 0 Å². The maximum absolute atomic E-state index is 12.8. The van der Waals surface area contributed by atoms with Crippen LogP contribution in [0, 0.1) is 6.92 Å². The summed E-state index contributed by atoms with van der Waals surface area (Å²) in [7, 11) is -1.67. The van der Waals surface area contributed by atoms with Crippen molar-refractivity contribution >= 4 is 27.3 Å². The first-order valence-electron chi connectivity index (χ1n) is 9.46. The minimum atomic E-state index is -3.37. The lowest BCUT2D eigenvalue weighted by Gasteiger charge is -2.26. The van der Waals surface area contributed by atoms with Gasteiger partial charge in [0, 0.05) is 37.8 Å². The zero-order valence-corrected chi connectivity index (χ0v) is 18.4. The topological polar surface area (TPSA) is 95.9 Å². The van der Waals surface area contributed by atoms with E-state index in [0.29, 0.717) is 45.4 Å². The van der Waals surface area contributed by atoms with E-state index in [-0.39, 0.29) is 5.75 Å². The number of nitrogens with zero attached hydrogens (tertiary/aromatic N) is 3. The Hall–Kier alpha value is -2.01. The molecule has 3 rings (SSSR count). The smallest absolute Gasteiger partial charge is 0.218 e. The van der Waals surface area contributed by atoms with Gasteiger partial charge in [0.2, 0.25) is 10.0 Å². The van der Waals surface area contributed by atoms with Gasteiger partial charge in [-0.3, -0.25) is 4.99 Å². The summed E-state index contributed by atoms with van der Waals surface area (Å²) in [5.74, 6) is 0.624. The highest BCUT2D eigenvalue weighted by Gasteiger charge is 2.25. The number of guanidine groups is 1. The fourth-order valence-electron chi connectivity index (χ4n) is 3.03. The third-order valence-electron chi connectivity index (χ3n) is 4.57. The number of hydrogen-bond acceptors (Lipinski definition) is 6. The molecule has 2 N–H and O–H groups in total. The zero-order valence-electron chi connectivity index (χ0n) is 16.7. The molecule has 0 aliphatic carbocycles. The van der Waals surface area contributed by atoms with Gasteiger partial charge in [-0.05, 0) is 18.1 Å². The molecule has 10 heteroatoms. The van der Waals surface area contributed by atoms with Crippen molar-refractivity contribution in [2.45, 2.75) is 25.8 Å². The summed E-state index contributed by atoms with van der Waals surface area (Å²) in [6.07, 6.45) is 1.85. The van der Waals surface area contributed by atoms with Crippen LogP contribution in [0.3, 0.4) is 0 Å². The summed E-state index contributed by atoms with van der Waals surface area (Å²) in [6, 6.07) is 7.58. The van der Waals surface area contributed by atoms with Gasteiger partial charge >= 0.3 is 0 Å². The van der Waals surface area contributed by atoms with Gasteiger partial charge in [-0.1, -0.05) is 24.3 Å². The summed E-state index contributed by atoms with van der Waals surface area (Å²) >= 11 is 1.64. The molecule has 2 heterocycles. The summed E-state index contributed by atoms with van der Waals surface area (Å²) in [6.45, 7) is 4.81. The molecule has 0 atom stereocenters. The number of sulfonamides is 1. The quantitative estimate of drug-likeness (QED) is 0.503. The second-order valence-electron chi connectivity index (χ2n) is 6.68. The largest absolute Gasteiger partial charge is 0.379 e. The van der Waals surface area contributed by atoms with E-state index in [4.69, 9.17) is 4.74 Å². The van der Waals surface area contributed by atoms with Gasteiger partial charge in [0.05, 0.1) is 25.5 Å². The molecule has 1 aromatic heterocycles. The number of aryl methyl sites for hydroxylation is 1. The average Bonchev–Trinajstić information content (AvgIpc) is 3.15. The highest BCUT2D eigenvalue weighted by molar-refractivity contribution is 7.88. The van der Waals surface area contributed by atoms with E-state index < -0.39 is 10.0 Å². The maximum atomic E-state index is 12.8. The van der Waals surface area contributed by atoms with E-state index in [1.54, 1.807) is 18.4 Å². The highest BCUT2D eigenvalue weighted by atomic mass is 32.2. The SMILES string of the molecule is CN=C(NCc1ncc(C)s1)NCc1ccccc1CS(=O)(=O)N1CCOCC1. The molecule has 158 valence electrons. The van der Waals surface area contributed by atoms with Crippen LogP contribution in [0.1, 0.15) is 21.0 Å². The highest BCUT2D eigenvalue weighted by Crippen LogP contribution is 2.16. The van der Waals surface area contributed by atoms with E-state index in [2.05, 4.69) is 20.6 Å². The molecule has 2 aromatic rings. The number of nitrogens with one attached hydrogen (secondary N) is 2. The van der Waals surface area contributed by atoms with Crippen molar-refractivity contribution in [1.82, 2.24) is 19.9 Å². The Morgan fingerprint density at radius 2 is 1.90 bits per heavy atom. The molecule has 1 aliphatic heterocycles. The van der Waals surface area contributed by atoms with Gasteiger partial charge in [0.25, 0.3) is 0 Å². The van der Waals surface area contributed by atoms with E-state index in [9.17, 15) is 8.42 Å². The molecule has 0 bridgehead atoms. The van der Waals surface area contributed by atoms with Gasteiger partial charge in [-0.15, -0.1) is 11.3 Å². The molecule has 1 aromatic carbocycles. The first-order valence-corrected chi connectivity index (χ1v) is 11.9. The molecule has 0 amide bonds. The first kappa shape index (κ1) is 21.7. The van der Waals surface area contributed by atoms with Gasteiger partial charge in [-0.25, -0.2) is 13.4 Å². The average molecular weight is 438 g/mol. The molecular formula is C19H27N5O3S2. The second kappa shape index (κ2) is 10.1. The Kier molecular flexibility index (Phi) is 7.59. The van der Waals surface area contributed by atoms with Crippen LogP contribution >= 0.6 is 11.3 Å². The predicted octanol–water partition coefficient (Wildman–Crippen LogP) is 1.48. The molecule has 8 nitrogen and oxygen atoms in total.